The fraction of sp³-hybridized carbons (Fsp3) is 0.125. The number of fused-ring (bicyclic) bond motifs is 1. The summed E-state index contributed by atoms with van der Waals surface area (Å²) in [6.45, 7) is 2.57. The fourth-order valence-corrected chi connectivity index (χ4v) is 2.15. The molecule has 3 aromatic rings. The van der Waals surface area contributed by atoms with E-state index in [0.29, 0.717) is 12.3 Å². The first-order chi connectivity index (χ1) is 10.2. The molecule has 0 amide bonds. The van der Waals surface area contributed by atoms with E-state index < -0.39 is 5.97 Å². The van der Waals surface area contributed by atoms with Crippen molar-refractivity contribution in [2.75, 3.05) is 6.61 Å². The van der Waals surface area contributed by atoms with Gasteiger partial charge >= 0.3 is 5.97 Å². The Morgan fingerprint density at radius 3 is 2.62 bits per heavy atom. The number of aromatic nitrogens is 2. The predicted octanol–water partition coefficient (Wildman–Crippen LogP) is 3.10. The first-order valence-corrected chi connectivity index (χ1v) is 6.62. The summed E-state index contributed by atoms with van der Waals surface area (Å²) >= 11 is 0. The van der Waals surface area contributed by atoms with Gasteiger partial charge in [0.05, 0.1) is 17.9 Å². The first kappa shape index (κ1) is 13.2. The van der Waals surface area contributed by atoms with Crippen molar-refractivity contribution < 1.29 is 14.6 Å². The molecule has 0 aliphatic rings. The molecular weight excluding hydrogens is 268 g/mol. The van der Waals surface area contributed by atoms with E-state index in [1.54, 1.807) is 22.7 Å². The Morgan fingerprint density at radius 2 is 1.95 bits per heavy atom. The normalized spacial score (nSPS) is 10.7. The maximum absolute atomic E-state index is 11.0. The van der Waals surface area contributed by atoms with Crippen molar-refractivity contribution in [1.29, 1.82) is 0 Å². The van der Waals surface area contributed by atoms with Gasteiger partial charge < -0.3 is 14.2 Å². The highest BCUT2D eigenvalue weighted by Crippen LogP contribution is 2.22. The summed E-state index contributed by atoms with van der Waals surface area (Å²) in [5.74, 6) is -0.133. The molecule has 0 radical (unpaired) electrons. The van der Waals surface area contributed by atoms with E-state index in [1.807, 2.05) is 37.4 Å². The third kappa shape index (κ3) is 2.58. The van der Waals surface area contributed by atoms with Gasteiger partial charge in [0.15, 0.2) is 0 Å². The molecule has 0 saturated carbocycles. The molecule has 3 rings (SSSR count). The molecule has 1 aromatic carbocycles. The quantitative estimate of drug-likeness (QED) is 0.798. The van der Waals surface area contributed by atoms with Gasteiger partial charge in [-0.1, -0.05) is 0 Å². The van der Waals surface area contributed by atoms with E-state index >= 15 is 0 Å². The molecule has 0 spiro atoms. The summed E-state index contributed by atoms with van der Waals surface area (Å²) in [7, 11) is 0. The SMILES string of the molecule is CCOc1ccc(-c2cn3cc(C(=O)O)ccc3n2)cc1. The van der Waals surface area contributed by atoms with E-state index in [9.17, 15) is 4.79 Å². The molecule has 0 aliphatic carbocycles. The van der Waals surface area contributed by atoms with Crippen LogP contribution in [0.1, 0.15) is 17.3 Å². The fourth-order valence-electron chi connectivity index (χ4n) is 2.15. The Morgan fingerprint density at radius 1 is 1.19 bits per heavy atom. The summed E-state index contributed by atoms with van der Waals surface area (Å²) < 4.78 is 7.12. The lowest BCUT2D eigenvalue weighted by atomic mass is 10.2. The predicted molar refractivity (Wildman–Crippen MR) is 78.8 cm³/mol. The number of aromatic carboxylic acids is 1. The Hall–Kier alpha value is -2.82. The molecule has 5 nitrogen and oxygen atoms in total. The van der Waals surface area contributed by atoms with Crippen molar-refractivity contribution in [2.24, 2.45) is 0 Å². The van der Waals surface area contributed by atoms with Crippen molar-refractivity contribution >= 4 is 11.6 Å². The Bertz CT molecular complexity index is 791. The Balaban J connectivity index is 1.98. The zero-order valence-corrected chi connectivity index (χ0v) is 11.5. The largest absolute Gasteiger partial charge is 0.494 e. The number of rotatable bonds is 4. The van der Waals surface area contributed by atoms with Gasteiger partial charge in [0.25, 0.3) is 0 Å². The highest BCUT2D eigenvalue weighted by atomic mass is 16.5. The molecule has 0 unspecified atom stereocenters. The molecule has 106 valence electrons. The lowest BCUT2D eigenvalue weighted by Gasteiger charge is -2.02. The molecule has 0 atom stereocenters. The van der Waals surface area contributed by atoms with E-state index in [-0.39, 0.29) is 5.56 Å². The van der Waals surface area contributed by atoms with Crippen LogP contribution in [0.15, 0.2) is 48.8 Å². The van der Waals surface area contributed by atoms with Gasteiger partial charge in [0.1, 0.15) is 11.4 Å². The van der Waals surface area contributed by atoms with Gasteiger partial charge in [-0.05, 0) is 43.3 Å². The second-order valence-electron chi connectivity index (χ2n) is 4.57. The zero-order chi connectivity index (χ0) is 14.8. The number of carboxylic acids is 1. The van der Waals surface area contributed by atoms with Crippen molar-refractivity contribution in [3.05, 3.63) is 54.4 Å². The first-order valence-electron chi connectivity index (χ1n) is 6.62. The standard InChI is InChI=1S/C16H14N2O3/c1-2-21-13-6-3-11(4-7-13)14-10-18-9-12(16(19)20)5-8-15(18)17-14/h3-10H,2H2,1H3,(H,19,20). The van der Waals surface area contributed by atoms with Gasteiger partial charge in [-0.25, -0.2) is 9.78 Å². The van der Waals surface area contributed by atoms with E-state index in [1.165, 1.54) is 0 Å². The second kappa shape index (κ2) is 5.28. The van der Waals surface area contributed by atoms with Crippen molar-refractivity contribution in [3.8, 4) is 17.0 Å². The van der Waals surface area contributed by atoms with Crippen LogP contribution in [0.5, 0.6) is 5.75 Å². The summed E-state index contributed by atoms with van der Waals surface area (Å²) in [6.07, 6.45) is 3.38. The number of hydrogen-bond donors (Lipinski definition) is 1. The molecule has 2 aromatic heterocycles. The third-order valence-electron chi connectivity index (χ3n) is 3.16. The monoisotopic (exact) mass is 282 g/mol. The molecule has 1 N–H and O–H groups in total. The number of benzene rings is 1. The minimum absolute atomic E-state index is 0.234. The number of nitrogens with zero attached hydrogens (tertiary/aromatic N) is 2. The molecule has 0 saturated heterocycles. The molecular formula is C16H14N2O3. The lowest BCUT2D eigenvalue weighted by molar-refractivity contribution is 0.0696. The van der Waals surface area contributed by atoms with E-state index in [0.717, 1.165) is 17.0 Å². The number of carbonyl (C=O) groups is 1. The number of imidazole rings is 1. The van der Waals surface area contributed by atoms with Gasteiger partial charge in [-0.3, -0.25) is 0 Å². The van der Waals surface area contributed by atoms with Gasteiger partial charge in [0.2, 0.25) is 0 Å². The molecule has 21 heavy (non-hydrogen) atoms. The molecule has 0 fully saturated rings. The molecule has 0 aliphatic heterocycles. The zero-order valence-electron chi connectivity index (χ0n) is 11.5. The van der Waals surface area contributed by atoms with E-state index in [4.69, 9.17) is 9.84 Å². The van der Waals surface area contributed by atoms with E-state index in [2.05, 4.69) is 4.98 Å². The maximum atomic E-state index is 11.0. The van der Waals surface area contributed by atoms with Crippen LogP contribution in [0, 0.1) is 0 Å². The van der Waals surface area contributed by atoms with Crippen LogP contribution in [0.3, 0.4) is 0 Å². The van der Waals surface area contributed by atoms with Crippen LogP contribution < -0.4 is 4.74 Å². The van der Waals surface area contributed by atoms with Crippen LogP contribution in [0.2, 0.25) is 0 Å². The molecule has 0 bridgehead atoms. The van der Waals surface area contributed by atoms with Gasteiger partial charge in [0, 0.05) is 18.0 Å². The Labute approximate surface area is 121 Å². The lowest BCUT2D eigenvalue weighted by Crippen LogP contribution is -1.97. The third-order valence-corrected chi connectivity index (χ3v) is 3.16. The number of hydrogen-bond acceptors (Lipinski definition) is 3. The van der Waals surface area contributed by atoms with Crippen LogP contribution in [0.4, 0.5) is 0 Å². The van der Waals surface area contributed by atoms with Gasteiger partial charge in [-0.2, -0.15) is 0 Å². The summed E-state index contributed by atoms with van der Waals surface area (Å²) in [5, 5.41) is 9.00. The number of ether oxygens (including phenoxy) is 1. The van der Waals surface area contributed by atoms with Crippen molar-refractivity contribution in [1.82, 2.24) is 9.38 Å². The minimum atomic E-state index is -0.951. The molecule has 2 heterocycles. The second-order valence-corrected chi connectivity index (χ2v) is 4.57. The smallest absolute Gasteiger partial charge is 0.337 e. The van der Waals surface area contributed by atoms with Crippen LogP contribution in [-0.2, 0) is 0 Å². The maximum Gasteiger partial charge on any atom is 0.337 e. The Kier molecular flexibility index (Phi) is 3.31. The number of carboxylic acid groups (broad SMARTS) is 1. The average Bonchev–Trinajstić information content (AvgIpc) is 2.91. The summed E-state index contributed by atoms with van der Waals surface area (Å²) in [4.78, 5) is 15.5. The summed E-state index contributed by atoms with van der Waals surface area (Å²) in [6, 6.07) is 10.9. The van der Waals surface area contributed by atoms with Crippen LogP contribution in [0.25, 0.3) is 16.9 Å². The van der Waals surface area contributed by atoms with Crippen LogP contribution >= 0.6 is 0 Å². The van der Waals surface area contributed by atoms with Crippen LogP contribution in [-0.4, -0.2) is 27.1 Å². The highest BCUT2D eigenvalue weighted by Gasteiger charge is 2.08. The average molecular weight is 282 g/mol. The highest BCUT2D eigenvalue weighted by molar-refractivity contribution is 5.87. The molecule has 5 heteroatoms. The number of pyridine rings is 1. The summed E-state index contributed by atoms with van der Waals surface area (Å²) in [5.41, 5.74) is 2.70. The van der Waals surface area contributed by atoms with Crippen molar-refractivity contribution in [2.45, 2.75) is 6.92 Å². The topological polar surface area (TPSA) is 63.8 Å². The van der Waals surface area contributed by atoms with Gasteiger partial charge in [-0.15, -0.1) is 0 Å². The minimum Gasteiger partial charge on any atom is -0.494 e. The van der Waals surface area contributed by atoms with Crippen molar-refractivity contribution in [3.63, 3.8) is 0 Å².